The molecule has 0 saturated carbocycles. The van der Waals surface area contributed by atoms with Crippen molar-refractivity contribution in [3.63, 3.8) is 0 Å². The molecule has 0 radical (unpaired) electrons. The number of nitrogens with zero attached hydrogens (tertiary/aromatic N) is 4. The predicted molar refractivity (Wildman–Crippen MR) is 79.3 cm³/mol. The molecule has 1 aromatic carbocycles. The van der Waals surface area contributed by atoms with E-state index in [1.165, 1.54) is 11.9 Å². The van der Waals surface area contributed by atoms with E-state index >= 15 is 0 Å². The molecule has 2 heterocycles. The molecule has 0 amide bonds. The van der Waals surface area contributed by atoms with E-state index in [1.54, 1.807) is 4.52 Å². The lowest BCUT2D eigenvalue weighted by Crippen LogP contribution is -2.03. The van der Waals surface area contributed by atoms with Crippen LogP contribution in [0.2, 0.25) is 0 Å². The molecule has 0 unspecified atom stereocenters. The van der Waals surface area contributed by atoms with Crippen LogP contribution in [0.5, 0.6) is 0 Å². The topological polar surface area (TPSA) is 55.1 Å². The Bertz CT molecular complexity index is 715. The van der Waals surface area contributed by atoms with Gasteiger partial charge in [-0.1, -0.05) is 26.0 Å². The summed E-state index contributed by atoms with van der Waals surface area (Å²) in [7, 11) is 0. The summed E-state index contributed by atoms with van der Waals surface area (Å²) in [5.41, 5.74) is 3.36. The Morgan fingerprint density at radius 3 is 2.60 bits per heavy atom. The number of hydrogen-bond acceptors (Lipinski definition) is 4. The van der Waals surface area contributed by atoms with E-state index in [9.17, 15) is 0 Å². The second-order valence-corrected chi connectivity index (χ2v) is 4.63. The number of aryl methyl sites for hydroxylation is 2. The van der Waals surface area contributed by atoms with Crippen LogP contribution in [-0.2, 0) is 12.8 Å². The molecule has 0 spiro atoms. The standard InChI is InChI=1S/C15H17N5/c1-3-11-5-7-13(8-6-11)18-14-9-12(4-2)19-15-16-10-17-20(14)15/h5-10,18H,3-4H2,1-2H3. The molecule has 5 heteroatoms. The van der Waals surface area contributed by atoms with Gasteiger partial charge in [0.25, 0.3) is 5.78 Å². The number of rotatable bonds is 4. The van der Waals surface area contributed by atoms with Gasteiger partial charge in [0.15, 0.2) is 0 Å². The Balaban J connectivity index is 1.98. The zero-order valence-electron chi connectivity index (χ0n) is 11.7. The summed E-state index contributed by atoms with van der Waals surface area (Å²) < 4.78 is 1.72. The largest absolute Gasteiger partial charge is 0.340 e. The van der Waals surface area contributed by atoms with Crippen LogP contribution in [0.15, 0.2) is 36.7 Å². The number of nitrogens with one attached hydrogen (secondary N) is 1. The van der Waals surface area contributed by atoms with Gasteiger partial charge in [-0.2, -0.15) is 14.6 Å². The Kier molecular flexibility index (Phi) is 3.33. The van der Waals surface area contributed by atoms with E-state index in [-0.39, 0.29) is 0 Å². The summed E-state index contributed by atoms with van der Waals surface area (Å²) >= 11 is 0. The smallest absolute Gasteiger partial charge is 0.254 e. The van der Waals surface area contributed by atoms with E-state index in [1.807, 2.05) is 6.07 Å². The molecule has 2 aromatic heterocycles. The van der Waals surface area contributed by atoms with Crippen molar-refractivity contribution in [2.24, 2.45) is 0 Å². The molecule has 3 rings (SSSR count). The van der Waals surface area contributed by atoms with Gasteiger partial charge in [-0.25, -0.2) is 4.98 Å². The second-order valence-electron chi connectivity index (χ2n) is 4.63. The minimum Gasteiger partial charge on any atom is -0.340 e. The van der Waals surface area contributed by atoms with Crippen molar-refractivity contribution in [2.45, 2.75) is 26.7 Å². The van der Waals surface area contributed by atoms with Crippen LogP contribution in [0.4, 0.5) is 11.5 Å². The summed E-state index contributed by atoms with van der Waals surface area (Å²) in [6.07, 6.45) is 3.43. The van der Waals surface area contributed by atoms with Crippen LogP contribution in [0.25, 0.3) is 5.78 Å². The number of hydrogen-bond donors (Lipinski definition) is 1. The molecular weight excluding hydrogens is 250 g/mol. The van der Waals surface area contributed by atoms with Crippen molar-refractivity contribution in [1.29, 1.82) is 0 Å². The summed E-state index contributed by atoms with van der Waals surface area (Å²) in [4.78, 5) is 8.59. The fourth-order valence-electron chi connectivity index (χ4n) is 2.10. The molecular formula is C15H17N5. The van der Waals surface area contributed by atoms with E-state index in [2.05, 4.69) is 58.5 Å². The zero-order chi connectivity index (χ0) is 13.9. The molecule has 0 aliphatic carbocycles. The molecule has 0 fully saturated rings. The molecule has 20 heavy (non-hydrogen) atoms. The fraction of sp³-hybridized carbons (Fsp3) is 0.267. The summed E-state index contributed by atoms with van der Waals surface area (Å²) in [6.45, 7) is 4.23. The van der Waals surface area contributed by atoms with Crippen molar-refractivity contribution < 1.29 is 0 Å². The molecule has 0 bridgehead atoms. The molecule has 0 saturated heterocycles. The highest BCUT2D eigenvalue weighted by molar-refractivity contribution is 5.59. The lowest BCUT2D eigenvalue weighted by atomic mass is 10.1. The van der Waals surface area contributed by atoms with Gasteiger partial charge in [-0.15, -0.1) is 0 Å². The zero-order valence-corrected chi connectivity index (χ0v) is 11.7. The van der Waals surface area contributed by atoms with Gasteiger partial charge >= 0.3 is 0 Å². The molecule has 0 aliphatic heterocycles. The first kappa shape index (κ1) is 12.6. The second kappa shape index (κ2) is 5.28. The van der Waals surface area contributed by atoms with Crippen molar-refractivity contribution in [1.82, 2.24) is 19.6 Å². The van der Waals surface area contributed by atoms with Gasteiger partial charge in [-0.05, 0) is 30.5 Å². The Morgan fingerprint density at radius 1 is 1.10 bits per heavy atom. The Morgan fingerprint density at radius 2 is 1.90 bits per heavy atom. The van der Waals surface area contributed by atoms with Crippen molar-refractivity contribution >= 4 is 17.3 Å². The number of benzene rings is 1. The molecule has 3 aromatic rings. The quantitative estimate of drug-likeness (QED) is 0.789. The average Bonchev–Trinajstić information content (AvgIpc) is 2.96. The van der Waals surface area contributed by atoms with Gasteiger partial charge in [0.1, 0.15) is 12.1 Å². The highest BCUT2D eigenvalue weighted by atomic mass is 15.3. The van der Waals surface area contributed by atoms with E-state index in [4.69, 9.17) is 0 Å². The summed E-state index contributed by atoms with van der Waals surface area (Å²) in [5, 5.41) is 7.58. The van der Waals surface area contributed by atoms with E-state index in [0.717, 1.165) is 30.0 Å². The van der Waals surface area contributed by atoms with Crippen LogP contribution in [0, 0.1) is 0 Å². The normalized spacial score (nSPS) is 10.9. The van der Waals surface area contributed by atoms with Crippen molar-refractivity contribution in [3.05, 3.63) is 47.9 Å². The fourth-order valence-corrected chi connectivity index (χ4v) is 2.10. The lowest BCUT2D eigenvalue weighted by Gasteiger charge is -2.09. The van der Waals surface area contributed by atoms with Gasteiger partial charge < -0.3 is 5.32 Å². The maximum absolute atomic E-state index is 4.43. The molecule has 0 aliphatic rings. The minimum atomic E-state index is 0.622. The maximum Gasteiger partial charge on any atom is 0.254 e. The third-order valence-electron chi connectivity index (χ3n) is 3.30. The summed E-state index contributed by atoms with van der Waals surface area (Å²) in [5.74, 6) is 1.51. The van der Waals surface area contributed by atoms with E-state index in [0.29, 0.717) is 5.78 Å². The third-order valence-corrected chi connectivity index (χ3v) is 3.30. The highest BCUT2D eigenvalue weighted by Crippen LogP contribution is 2.18. The molecule has 5 nitrogen and oxygen atoms in total. The first-order chi connectivity index (χ1) is 9.80. The Labute approximate surface area is 117 Å². The van der Waals surface area contributed by atoms with Crippen LogP contribution in [0.3, 0.4) is 0 Å². The summed E-state index contributed by atoms with van der Waals surface area (Å²) in [6, 6.07) is 10.4. The maximum atomic E-state index is 4.43. The molecule has 102 valence electrons. The van der Waals surface area contributed by atoms with Crippen LogP contribution < -0.4 is 5.32 Å². The first-order valence-corrected chi connectivity index (χ1v) is 6.85. The molecule has 1 N–H and O–H groups in total. The van der Waals surface area contributed by atoms with Crippen LogP contribution in [-0.4, -0.2) is 19.6 Å². The van der Waals surface area contributed by atoms with Gasteiger partial charge in [0.05, 0.1) is 0 Å². The Hall–Kier alpha value is -2.43. The van der Waals surface area contributed by atoms with Gasteiger partial charge in [0, 0.05) is 17.4 Å². The average molecular weight is 267 g/mol. The molecule has 0 atom stereocenters. The highest BCUT2D eigenvalue weighted by Gasteiger charge is 2.06. The van der Waals surface area contributed by atoms with Crippen LogP contribution >= 0.6 is 0 Å². The van der Waals surface area contributed by atoms with Crippen molar-refractivity contribution in [2.75, 3.05) is 5.32 Å². The number of aromatic nitrogens is 4. The minimum absolute atomic E-state index is 0.622. The third kappa shape index (κ3) is 2.34. The predicted octanol–water partition coefficient (Wildman–Crippen LogP) is 2.99. The number of fused-ring (bicyclic) bond motifs is 1. The van der Waals surface area contributed by atoms with Gasteiger partial charge in [-0.3, -0.25) is 0 Å². The van der Waals surface area contributed by atoms with Gasteiger partial charge in [0.2, 0.25) is 0 Å². The van der Waals surface area contributed by atoms with Crippen molar-refractivity contribution in [3.8, 4) is 0 Å². The SMILES string of the molecule is CCc1ccc(Nc2cc(CC)nc3ncnn23)cc1. The lowest BCUT2D eigenvalue weighted by molar-refractivity contribution is 0.918. The number of anilines is 2. The van der Waals surface area contributed by atoms with Crippen LogP contribution in [0.1, 0.15) is 25.1 Å². The first-order valence-electron chi connectivity index (χ1n) is 6.85. The monoisotopic (exact) mass is 267 g/mol. The van der Waals surface area contributed by atoms with E-state index < -0.39 is 0 Å².